The number of hydrogen-bond donors (Lipinski definition) is 2. The van der Waals surface area contributed by atoms with Crippen LogP contribution in [0.5, 0.6) is 0 Å². The highest BCUT2D eigenvalue weighted by Crippen LogP contribution is 2.27. The summed E-state index contributed by atoms with van der Waals surface area (Å²) in [4.78, 5) is 10.1. The summed E-state index contributed by atoms with van der Waals surface area (Å²) in [6.07, 6.45) is 1.41. The summed E-state index contributed by atoms with van der Waals surface area (Å²) >= 11 is 5.78. The maximum Gasteiger partial charge on any atom is 0.224 e. The molecule has 1 aliphatic rings. The van der Waals surface area contributed by atoms with Gasteiger partial charge in [-0.15, -0.1) is 0 Å². The highest BCUT2D eigenvalue weighted by Gasteiger charge is 2.11. The average Bonchev–Trinajstić information content (AvgIpc) is 2.57. The third-order valence-corrected chi connectivity index (χ3v) is 3.55. The number of ether oxygens (including phenoxy) is 1. The number of aromatic nitrogens is 2. The molecule has 1 aromatic heterocycles. The molecule has 0 unspecified atom stereocenters. The van der Waals surface area contributed by atoms with Crippen LogP contribution >= 0.6 is 11.6 Å². The lowest BCUT2D eigenvalue weighted by Gasteiger charge is -2.28. The fourth-order valence-corrected chi connectivity index (χ4v) is 2.37. The van der Waals surface area contributed by atoms with E-state index in [4.69, 9.17) is 21.9 Å². The van der Waals surface area contributed by atoms with E-state index in [2.05, 4.69) is 25.3 Å². The Morgan fingerprint density at radius 2 is 1.95 bits per heavy atom. The second-order valence-electron chi connectivity index (χ2n) is 4.76. The molecular formula is C14H15ClN6O. The highest BCUT2D eigenvalue weighted by atomic mass is 35.5. The first-order chi connectivity index (χ1) is 10.8. The van der Waals surface area contributed by atoms with E-state index in [9.17, 15) is 0 Å². The minimum absolute atomic E-state index is 0.111. The Bertz CT molecular complexity index is 657. The van der Waals surface area contributed by atoms with Crippen molar-refractivity contribution in [3.05, 3.63) is 35.7 Å². The van der Waals surface area contributed by atoms with Gasteiger partial charge in [0.25, 0.3) is 0 Å². The van der Waals surface area contributed by atoms with Gasteiger partial charge in [-0.3, -0.25) is 0 Å². The molecule has 0 saturated carbocycles. The van der Waals surface area contributed by atoms with Crippen molar-refractivity contribution in [2.45, 2.75) is 0 Å². The average molecular weight is 319 g/mol. The van der Waals surface area contributed by atoms with Crippen LogP contribution in [0.15, 0.2) is 35.6 Å². The number of morpholine rings is 1. The molecule has 1 saturated heterocycles. The molecule has 114 valence electrons. The molecule has 0 spiro atoms. The van der Waals surface area contributed by atoms with Crippen molar-refractivity contribution >= 4 is 34.5 Å². The lowest BCUT2D eigenvalue weighted by Crippen LogP contribution is -2.36. The largest absolute Gasteiger partial charge is 0.378 e. The summed E-state index contributed by atoms with van der Waals surface area (Å²) in [6, 6.07) is 7.98. The van der Waals surface area contributed by atoms with E-state index >= 15 is 0 Å². The van der Waals surface area contributed by atoms with Gasteiger partial charge in [0.05, 0.1) is 19.4 Å². The van der Waals surface area contributed by atoms with Crippen molar-refractivity contribution in [2.75, 3.05) is 36.5 Å². The zero-order chi connectivity index (χ0) is 15.4. The fraction of sp³-hybridized carbons (Fsp3) is 0.286. The Hall–Kier alpha value is -2.25. The van der Waals surface area contributed by atoms with Crippen LogP contribution in [0.1, 0.15) is 0 Å². The molecule has 22 heavy (non-hydrogen) atoms. The Kier molecular flexibility index (Phi) is 4.45. The summed E-state index contributed by atoms with van der Waals surface area (Å²) in [5.74, 6) is 0.411. The molecule has 0 amide bonds. The van der Waals surface area contributed by atoms with Crippen molar-refractivity contribution in [1.82, 2.24) is 9.97 Å². The van der Waals surface area contributed by atoms with Crippen LogP contribution in [0.4, 0.5) is 22.9 Å². The predicted molar refractivity (Wildman–Crippen MR) is 84.6 cm³/mol. The van der Waals surface area contributed by atoms with Crippen LogP contribution < -0.4 is 10.2 Å². The molecule has 0 atom stereocenters. The van der Waals surface area contributed by atoms with Gasteiger partial charge in [0.1, 0.15) is 5.69 Å². The summed E-state index contributed by atoms with van der Waals surface area (Å²) in [5.41, 5.74) is 9.46. The first-order valence-electron chi connectivity index (χ1n) is 6.86. The van der Waals surface area contributed by atoms with Crippen molar-refractivity contribution in [3.8, 4) is 0 Å². The van der Waals surface area contributed by atoms with E-state index in [1.54, 1.807) is 0 Å². The van der Waals surface area contributed by atoms with Crippen molar-refractivity contribution in [1.29, 1.82) is 5.53 Å². The molecule has 3 rings (SSSR count). The summed E-state index contributed by atoms with van der Waals surface area (Å²) in [6.45, 7) is 3.31. The van der Waals surface area contributed by atoms with Crippen LogP contribution in [-0.2, 0) is 4.74 Å². The van der Waals surface area contributed by atoms with E-state index in [0.717, 1.165) is 37.7 Å². The van der Waals surface area contributed by atoms with Gasteiger partial charge >= 0.3 is 0 Å². The number of rotatable bonds is 4. The number of benzene rings is 1. The number of nitrogens with one attached hydrogen (secondary N) is 2. The van der Waals surface area contributed by atoms with Gasteiger partial charge in [0.15, 0.2) is 5.82 Å². The quantitative estimate of drug-likeness (QED) is 0.666. The van der Waals surface area contributed by atoms with E-state index in [1.807, 2.05) is 24.3 Å². The van der Waals surface area contributed by atoms with Gasteiger partial charge in [-0.05, 0) is 35.9 Å². The Balaban J connectivity index is 1.76. The summed E-state index contributed by atoms with van der Waals surface area (Å²) < 4.78 is 5.35. The monoisotopic (exact) mass is 318 g/mol. The van der Waals surface area contributed by atoms with Gasteiger partial charge in [-0.25, -0.2) is 10.5 Å². The van der Waals surface area contributed by atoms with Gasteiger partial charge < -0.3 is 15.0 Å². The third kappa shape index (κ3) is 3.32. The van der Waals surface area contributed by atoms with Crippen LogP contribution in [0.2, 0.25) is 5.28 Å². The number of anilines is 3. The van der Waals surface area contributed by atoms with E-state index < -0.39 is 0 Å². The molecule has 2 aromatic rings. The molecule has 2 N–H and O–H groups in total. The van der Waals surface area contributed by atoms with Crippen molar-refractivity contribution in [2.24, 2.45) is 5.11 Å². The molecule has 7 nitrogen and oxygen atoms in total. The van der Waals surface area contributed by atoms with Crippen molar-refractivity contribution < 1.29 is 4.74 Å². The molecule has 0 aliphatic carbocycles. The second kappa shape index (κ2) is 6.67. The number of nitrogens with zero attached hydrogens (tertiary/aromatic N) is 4. The molecular weight excluding hydrogens is 304 g/mol. The van der Waals surface area contributed by atoms with E-state index in [-0.39, 0.29) is 5.28 Å². The smallest absolute Gasteiger partial charge is 0.224 e. The lowest BCUT2D eigenvalue weighted by atomic mass is 10.2. The van der Waals surface area contributed by atoms with Crippen molar-refractivity contribution in [3.63, 3.8) is 0 Å². The molecule has 0 bridgehead atoms. The summed E-state index contributed by atoms with van der Waals surface area (Å²) in [7, 11) is 0. The van der Waals surface area contributed by atoms with Gasteiger partial charge in [0, 0.05) is 24.5 Å². The van der Waals surface area contributed by atoms with Crippen LogP contribution in [0, 0.1) is 5.53 Å². The van der Waals surface area contributed by atoms with E-state index in [1.165, 1.54) is 6.20 Å². The normalized spacial score (nSPS) is 14.7. The minimum Gasteiger partial charge on any atom is -0.378 e. The maximum atomic E-state index is 7.13. The van der Waals surface area contributed by atoms with Gasteiger partial charge in [-0.2, -0.15) is 10.1 Å². The maximum absolute atomic E-state index is 7.13. The number of hydrogen-bond acceptors (Lipinski definition) is 7. The highest BCUT2D eigenvalue weighted by molar-refractivity contribution is 6.28. The first kappa shape index (κ1) is 14.7. The zero-order valence-electron chi connectivity index (χ0n) is 11.8. The SMILES string of the molecule is N=Nc1cnc(Cl)nc1Nc1ccc(N2CCOCC2)cc1. The second-order valence-corrected chi connectivity index (χ2v) is 5.09. The molecule has 8 heteroatoms. The standard InChI is InChI=1S/C14H15ClN6O/c15-14-17-9-12(20-16)13(19-14)18-10-1-3-11(4-2-10)21-5-7-22-8-6-21/h1-4,9,16H,5-8H2,(H,17,18,19). The molecule has 2 heterocycles. The topological polar surface area (TPSA) is 86.5 Å². The van der Waals surface area contributed by atoms with Crippen LogP contribution in [0.3, 0.4) is 0 Å². The molecule has 1 aliphatic heterocycles. The fourth-order valence-electron chi connectivity index (χ4n) is 2.24. The Labute approximate surface area is 132 Å². The molecule has 1 aromatic carbocycles. The Morgan fingerprint density at radius 3 is 2.64 bits per heavy atom. The first-order valence-corrected chi connectivity index (χ1v) is 7.24. The van der Waals surface area contributed by atoms with Gasteiger partial charge in [0.2, 0.25) is 5.28 Å². The van der Waals surface area contributed by atoms with Crippen LogP contribution in [-0.4, -0.2) is 36.3 Å². The predicted octanol–water partition coefficient (Wildman–Crippen LogP) is 3.37. The van der Waals surface area contributed by atoms with Gasteiger partial charge in [-0.1, -0.05) is 0 Å². The van der Waals surface area contributed by atoms with E-state index in [0.29, 0.717) is 11.5 Å². The minimum atomic E-state index is 0.111. The number of halogens is 1. The molecule has 1 fully saturated rings. The zero-order valence-corrected chi connectivity index (χ0v) is 12.5. The lowest BCUT2D eigenvalue weighted by molar-refractivity contribution is 0.122. The van der Waals surface area contributed by atoms with Crippen LogP contribution in [0.25, 0.3) is 0 Å². The third-order valence-electron chi connectivity index (χ3n) is 3.37. The Morgan fingerprint density at radius 1 is 1.23 bits per heavy atom. The molecule has 0 radical (unpaired) electrons. The summed E-state index contributed by atoms with van der Waals surface area (Å²) in [5, 5.41) is 6.59.